The SMILES string of the molecule is NC1=NC2(CO1)COc1ccc(-c3ccco3)cc1C2. The largest absolute Gasteiger partial charge is 0.491 e. The highest BCUT2D eigenvalue weighted by Gasteiger charge is 2.41. The van der Waals surface area contributed by atoms with Gasteiger partial charge in [0.25, 0.3) is 6.02 Å². The molecule has 1 unspecified atom stereocenters. The maximum Gasteiger partial charge on any atom is 0.282 e. The van der Waals surface area contributed by atoms with Crippen LogP contribution in [0.15, 0.2) is 46.0 Å². The van der Waals surface area contributed by atoms with E-state index in [1.165, 1.54) is 0 Å². The summed E-state index contributed by atoms with van der Waals surface area (Å²) in [5.41, 5.74) is 7.38. The van der Waals surface area contributed by atoms with Crippen LogP contribution in [0.5, 0.6) is 5.75 Å². The summed E-state index contributed by atoms with van der Waals surface area (Å²) in [6.07, 6.45) is 2.43. The Labute approximate surface area is 116 Å². The second-order valence-electron chi connectivity index (χ2n) is 5.23. The molecule has 2 aromatic rings. The molecule has 0 saturated carbocycles. The average molecular weight is 270 g/mol. The average Bonchev–Trinajstić information content (AvgIpc) is 3.09. The molecule has 1 aromatic heterocycles. The Morgan fingerprint density at radius 3 is 2.80 bits per heavy atom. The van der Waals surface area contributed by atoms with Gasteiger partial charge in [-0.25, -0.2) is 4.99 Å². The smallest absolute Gasteiger partial charge is 0.282 e. The van der Waals surface area contributed by atoms with Crippen LogP contribution in [-0.4, -0.2) is 24.8 Å². The first kappa shape index (κ1) is 11.4. The highest BCUT2D eigenvalue weighted by atomic mass is 16.5. The lowest BCUT2D eigenvalue weighted by atomic mass is 9.89. The van der Waals surface area contributed by atoms with Crippen molar-refractivity contribution in [1.29, 1.82) is 0 Å². The Kier molecular flexibility index (Phi) is 2.30. The normalized spacial score (nSPS) is 23.9. The summed E-state index contributed by atoms with van der Waals surface area (Å²) in [6, 6.07) is 10.1. The van der Waals surface area contributed by atoms with E-state index in [0.29, 0.717) is 13.2 Å². The van der Waals surface area contributed by atoms with Gasteiger partial charge < -0.3 is 19.6 Å². The van der Waals surface area contributed by atoms with Gasteiger partial charge >= 0.3 is 0 Å². The number of hydrogen-bond donors (Lipinski definition) is 1. The van der Waals surface area contributed by atoms with Gasteiger partial charge in [0.15, 0.2) is 0 Å². The minimum Gasteiger partial charge on any atom is -0.491 e. The second kappa shape index (κ2) is 4.03. The minimum atomic E-state index is -0.376. The third-order valence-electron chi connectivity index (χ3n) is 3.72. The molecule has 5 heteroatoms. The Bertz CT molecular complexity index is 678. The third-order valence-corrected chi connectivity index (χ3v) is 3.72. The standard InChI is InChI=1S/C15H14N2O3/c16-14-17-15(9-20-14)7-11-6-10(12-2-1-5-18-12)3-4-13(11)19-8-15/h1-6H,7-9H2,(H2,16,17). The van der Waals surface area contributed by atoms with E-state index in [0.717, 1.165) is 29.1 Å². The fourth-order valence-corrected chi connectivity index (χ4v) is 2.74. The topological polar surface area (TPSA) is 70.0 Å². The summed E-state index contributed by atoms with van der Waals surface area (Å²) < 4.78 is 16.5. The van der Waals surface area contributed by atoms with Crippen LogP contribution in [0.4, 0.5) is 0 Å². The second-order valence-corrected chi connectivity index (χ2v) is 5.23. The monoisotopic (exact) mass is 270 g/mol. The lowest BCUT2D eigenvalue weighted by molar-refractivity contribution is 0.153. The molecule has 1 aromatic carbocycles. The van der Waals surface area contributed by atoms with E-state index in [4.69, 9.17) is 19.6 Å². The van der Waals surface area contributed by atoms with E-state index in [9.17, 15) is 0 Å². The first-order valence-corrected chi connectivity index (χ1v) is 6.52. The van der Waals surface area contributed by atoms with Crippen molar-refractivity contribution in [3.63, 3.8) is 0 Å². The van der Waals surface area contributed by atoms with Gasteiger partial charge in [-0.15, -0.1) is 0 Å². The van der Waals surface area contributed by atoms with Gasteiger partial charge in [0.1, 0.15) is 30.3 Å². The highest BCUT2D eigenvalue weighted by molar-refractivity contribution is 5.74. The molecular formula is C15H14N2O3. The maximum absolute atomic E-state index is 5.81. The van der Waals surface area contributed by atoms with Gasteiger partial charge in [-0.2, -0.15) is 0 Å². The molecule has 102 valence electrons. The van der Waals surface area contributed by atoms with Crippen LogP contribution in [0.1, 0.15) is 5.56 Å². The number of aliphatic imine (C=N–C) groups is 1. The lowest BCUT2D eigenvalue weighted by Crippen LogP contribution is -2.41. The molecule has 4 rings (SSSR count). The summed E-state index contributed by atoms with van der Waals surface area (Å²) in [7, 11) is 0. The number of hydrogen-bond acceptors (Lipinski definition) is 5. The molecule has 2 aliphatic rings. The molecule has 0 amide bonds. The number of benzene rings is 1. The van der Waals surface area contributed by atoms with Crippen LogP contribution in [0.3, 0.4) is 0 Å². The van der Waals surface area contributed by atoms with Crippen molar-refractivity contribution in [2.75, 3.05) is 13.2 Å². The van der Waals surface area contributed by atoms with E-state index < -0.39 is 0 Å². The van der Waals surface area contributed by atoms with Crippen LogP contribution in [0.25, 0.3) is 11.3 Å². The zero-order valence-corrected chi connectivity index (χ0v) is 10.8. The van der Waals surface area contributed by atoms with Crippen LogP contribution in [0, 0.1) is 0 Å². The summed E-state index contributed by atoms with van der Waals surface area (Å²) in [6.45, 7) is 0.976. The van der Waals surface area contributed by atoms with Crippen LogP contribution < -0.4 is 10.5 Å². The number of ether oxygens (including phenoxy) is 2. The van der Waals surface area contributed by atoms with Crippen molar-refractivity contribution in [3.8, 4) is 17.1 Å². The van der Waals surface area contributed by atoms with Crippen molar-refractivity contribution in [1.82, 2.24) is 0 Å². The summed E-state index contributed by atoms with van der Waals surface area (Å²) in [4.78, 5) is 4.39. The van der Waals surface area contributed by atoms with Crippen LogP contribution in [-0.2, 0) is 11.2 Å². The first-order chi connectivity index (χ1) is 9.74. The fourth-order valence-electron chi connectivity index (χ4n) is 2.74. The Hall–Kier alpha value is -2.43. The number of nitrogens with zero attached hydrogens (tertiary/aromatic N) is 1. The van der Waals surface area contributed by atoms with Crippen molar-refractivity contribution < 1.29 is 13.9 Å². The molecule has 0 aliphatic carbocycles. The van der Waals surface area contributed by atoms with Crippen molar-refractivity contribution in [3.05, 3.63) is 42.2 Å². The van der Waals surface area contributed by atoms with Crippen LogP contribution in [0.2, 0.25) is 0 Å². The van der Waals surface area contributed by atoms with Gasteiger partial charge in [0.05, 0.1) is 6.26 Å². The van der Waals surface area contributed by atoms with Gasteiger partial charge in [0.2, 0.25) is 0 Å². The van der Waals surface area contributed by atoms with Crippen molar-refractivity contribution >= 4 is 6.02 Å². The Balaban J connectivity index is 1.71. The van der Waals surface area contributed by atoms with E-state index in [1.807, 2.05) is 24.3 Å². The molecule has 0 saturated heterocycles. The number of rotatable bonds is 1. The van der Waals surface area contributed by atoms with Crippen molar-refractivity contribution in [2.45, 2.75) is 12.0 Å². The third kappa shape index (κ3) is 1.74. The molecule has 20 heavy (non-hydrogen) atoms. The summed E-state index contributed by atoms with van der Waals surface area (Å²) in [5.74, 6) is 1.74. The molecule has 2 N–H and O–H groups in total. The molecule has 0 fully saturated rings. The molecule has 1 atom stereocenters. The van der Waals surface area contributed by atoms with Crippen LogP contribution >= 0.6 is 0 Å². The lowest BCUT2D eigenvalue weighted by Gasteiger charge is -2.30. The molecule has 2 aliphatic heterocycles. The molecule has 0 radical (unpaired) electrons. The number of furan rings is 1. The molecule has 1 spiro atoms. The minimum absolute atomic E-state index is 0.249. The molecule has 0 bridgehead atoms. The van der Waals surface area contributed by atoms with Crippen molar-refractivity contribution in [2.24, 2.45) is 10.7 Å². The molecular weight excluding hydrogens is 256 g/mol. The predicted octanol–water partition coefficient (Wildman–Crippen LogP) is 1.97. The number of fused-ring (bicyclic) bond motifs is 1. The fraction of sp³-hybridized carbons (Fsp3) is 0.267. The Morgan fingerprint density at radius 1 is 1.15 bits per heavy atom. The van der Waals surface area contributed by atoms with Gasteiger partial charge in [-0.1, -0.05) is 0 Å². The first-order valence-electron chi connectivity index (χ1n) is 6.52. The zero-order chi connectivity index (χ0) is 13.6. The van der Waals surface area contributed by atoms with Gasteiger partial charge in [-0.3, -0.25) is 0 Å². The van der Waals surface area contributed by atoms with E-state index in [2.05, 4.69) is 11.1 Å². The predicted molar refractivity (Wildman–Crippen MR) is 73.6 cm³/mol. The van der Waals surface area contributed by atoms with Gasteiger partial charge in [-0.05, 0) is 35.9 Å². The maximum atomic E-state index is 5.81. The summed E-state index contributed by atoms with van der Waals surface area (Å²) in [5, 5.41) is 0. The zero-order valence-electron chi connectivity index (χ0n) is 10.8. The van der Waals surface area contributed by atoms with E-state index >= 15 is 0 Å². The van der Waals surface area contributed by atoms with E-state index in [-0.39, 0.29) is 11.6 Å². The summed E-state index contributed by atoms with van der Waals surface area (Å²) >= 11 is 0. The molecule has 3 heterocycles. The highest BCUT2D eigenvalue weighted by Crippen LogP contribution is 2.36. The van der Waals surface area contributed by atoms with E-state index in [1.54, 1.807) is 6.26 Å². The molecule has 5 nitrogen and oxygen atoms in total. The quantitative estimate of drug-likeness (QED) is 0.860. The Morgan fingerprint density at radius 2 is 2.05 bits per heavy atom. The van der Waals surface area contributed by atoms with Gasteiger partial charge in [0, 0.05) is 12.0 Å². The number of amidine groups is 1. The number of nitrogens with two attached hydrogens (primary N) is 1.